The summed E-state index contributed by atoms with van der Waals surface area (Å²) in [4.78, 5) is 14.5. The molecule has 2 aliphatic rings. The second kappa shape index (κ2) is 9.12. The minimum Gasteiger partial charge on any atom is -0.491 e. The third-order valence-electron chi connectivity index (χ3n) is 5.34. The molecular weight excluding hydrogens is 408 g/mol. The Morgan fingerprint density at radius 1 is 1.17 bits per heavy atom. The monoisotopic (exact) mass is 432 g/mol. The zero-order chi connectivity index (χ0) is 21.0. The molecule has 2 aromatic carbocycles. The molecule has 1 unspecified atom stereocenters. The number of halogens is 1. The largest absolute Gasteiger partial charge is 0.491 e. The maximum atomic E-state index is 12.5. The van der Waals surface area contributed by atoms with Gasteiger partial charge in [0.15, 0.2) is 11.5 Å². The first kappa shape index (κ1) is 20.8. The van der Waals surface area contributed by atoms with Crippen LogP contribution in [0, 0.1) is 0 Å². The van der Waals surface area contributed by atoms with Gasteiger partial charge in [-0.1, -0.05) is 17.7 Å². The maximum absolute atomic E-state index is 12.5. The fourth-order valence-corrected chi connectivity index (χ4v) is 3.87. The van der Waals surface area contributed by atoms with Gasteiger partial charge in [0.1, 0.15) is 12.4 Å². The molecule has 2 aromatic rings. The van der Waals surface area contributed by atoms with Gasteiger partial charge in [0.05, 0.1) is 12.1 Å². The Labute approximate surface area is 180 Å². The fourth-order valence-electron chi connectivity index (χ4n) is 3.69. The van der Waals surface area contributed by atoms with E-state index in [-0.39, 0.29) is 25.9 Å². The maximum Gasteiger partial charge on any atom is 0.238 e. The third kappa shape index (κ3) is 5.36. The zero-order valence-corrected chi connectivity index (χ0v) is 17.4. The van der Waals surface area contributed by atoms with Crippen molar-refractivity contribution in [2.75, 3.05) is 38.4 Å². The van der Waals surface area contributed by atoms with Crippen molar-refractivity contribution in [3.63, 3.8) is 0 Å². The third-order valence-corrected chi connectivity index (χ3v) is 5.57. The summed E-state index contributed by atoms with van der Waals surface area (Å²) in [6, 6.07) is 12.5. The highest BCUT2D eigenvalue weighted by atomic mass is 35.5. The van der Waals surface area contributed by atoms with Crippen LogP contribution in [0.3, 0.4) is 0 Å². The molecule has 1 fully saturated rings. The van der Waals surface area contributed by atoms with Gasteiger partial charge in [-0.3, -0.25) is 9.69 Å². The van der Waals surface area contributed by atoms with Gasteiger partial charge in [0.2, 0.25) is 12.7 Å². The predicted molar refractivity (Wildman–Crippen MR) is 113 cm³/mol. The number of nitrogens with one attached hydrogen (secondary N) is 1. The zero-order valence-electron chi connectivity index (χ0n) is 16.6. The molecule has 160 valence electrons. The molecule has 8 heteroatoms. The number of fused-ring (bicyclic) bond motifs is 1. The van der Waals surface area contributed by atoms with Crippen molar-refractivity contribution in [1.29, 1.82) is 0 Å². The Bertz CT molecular complexity index is 909. The number of anilines is 1. The molecule has 0 bridgehead atoms. The van der Waals surface area contributed by atoms with Crippen LogP contribution in [0.25, 0.3) is 0 Å². The normalized spacial score (nSPS) is 21.1. The summed E-state index contributed by atoms with van der Waals surface area (Å²) < 4.78 is 16.4. The molecule has 0 radical (unpaired) electrons. The number of amides is 1. The first-order valence-electron chi connectivity index (χ1n) is 10.0. The molecule has 30 heavy (non-hydrogen) atoms. The van der Waals surface area contributed by atoms with Crippen molar-refractivity contribution in [2.45, 2.75) is 24.9 Å². The number of carbonyl (C=O) groups excluding carboxylic acids is 1. The van der Waals surface area contributed by atoms with Crippen LogP contribution in [0.4, 0.5) is 5.69 Å². The summed E-state index contributed by atoms with van der Waals surface area (Å²) in [6.45, 7) is 2.02. The molecule has 0 saturated carbocycles. The van der Waals surface area contributed by atoms with Crippen LogP contribution in [0.1, 0.15) is 19.3 Å². The molecule has 2 aliphatic heterocycles. The van der Waals surface area contributed by atoms with Gasteiger partial charge >= 0.3 is 0 Å². The standard InChI is InChI=1S/C22H25ClN2O5/c23-16-3-1-4-18(11-16)28-14-22(27)7-2-9-25(10-8-22)13-21(26)24-17-5-6-19-20(12-17)30-15-29-19/h1,3-6,11-12,27H,2,7-10,13-15H2,(H,24,26). The number of hydrogen-bond donors (Lipinski definition) is 2. The molecule has 1 saturated heterocycles. The van der Waals surface area contributed by atoms with Gasteiger partial charge in [-0.2, -0.15) is 0 Å². The number of ether oxygens (including phenoxy) is 3. The van der Waals surface area contributed by atoms with Crippen molar-refractivity contribution in [1.82, 2.24) is 4.90 Å². The highest BCUT2D eigenvalue weighted by Gasteiger charge is 2.31. The Morgan fingerprint density at radius 3 is 2.90 bits per heavy atom. The van der Waals surface area contributed by atoms with E-state index < -0.39 is 5.60 Å². The van der Waals surface area contributed by atoms with Gasteiger partial charge in [0.25, 0.3) is 0 Å². The quantitative estimate of drug-likeness (QED) is 0.729. The summed E-state index contributed by atoms with van der Waals surface area (Å²) in [6.07, 6.45) is 1.94. The summed E-state index contributed by atoms with van der Waals surface area (Å²) in [5.74, 6) is 1.85. The van der Waals surface area contributed by atoms with Gasteiger partial charge in [-0.05, 0) is 56.1 Å². The Morgan fingerprint density at radius 2 is 2.03 bits per heavy atom. The lowest BCUT2D eigenvalue weighted by Gasteiger charge is -2.27. The van der Waals surface area contributed by atoms with Crippen molar-refractivity contribution in [3.8, 4) is 17.2 Å². The van der Waals surface area contributed by atoms with E-state index in [2.05, 4.69) is 10.2 Å². The van der Waals surface area contributed by atoms with Crippen molar-refractivity contribution >= 4 is 23.2 Å². The number of carbonyl (C=O) groups is 1. The lowest BCUT2D eigenvalue weighted by atomic mass is 9.96. The average Bonchev–Trinajstić information content (AvgIpc) is 3.10. The van der Waals surface area contributed by atoms with Gasteiger partial charge in [0, 0.05) is 23.3 Å². The molecule has 0 aromatic heterocycles. The van der Waals surface area contributed by atoms with Gasteiger partial charge < -0.3 is 24.6 Å². The fraction of sp³-hybridized carbons (Fsp3) is 0.409. The molecule has 4 rings (SSSR count). The summed E-state index contributed by atoms with van der Waals surface area (Å²) >= 11 is 5.98. The minimum atomic E-state index is -0.926. The molecule has 0 spiro atoms. The lowest BCUT2D eigenvalue weighted by molar-refractivity contribution is -0.117. The number of hydrogen-bond acceptors (Lipinski definition) is 6. The van der Waals surface area contributed by atoms with E-state index in [4.69, 9.17) is 25.8 Å². The van der Waals surface area contributed by atoms with E-state index >= 15 is 0 Å². The Kier molecular flexibility index (Phi) is 6.32. The molecule has 0 aliphatic carbocycles. The van der Waals surface area contributed by atoms with E-state index in [0.717, 1.165) is 13.0 Å². The summed E-state index contributed by atoms with van der Waals surface area (Å²) in [5, 5.41) is 14.4. The number of benzene rings is 2. The van der Waals surface area contributed by atoms with E-state index in [1.165, 1.54) is 0 Å². The van der Waals surface area contributed by atoms with Crippen molar-refractivity contribution in [2.24, 2.45) is 0 Å². The highest BCUT2D eigenvalue weighted by molar-refractivity contribution is 6.30. The average molecular weight is 433 g/mol. The number of nitrogens with zero attached hydrogens (tertiary/aromatic N) is 1. The SMILES string of the molecule is O=C(CN1CCCC(O)(COc2cccc(Cl)c2)CC1)Nc1ccc2c(c1)OCO2. The number of likely N-dealkylation sites (tertiary alicyclic amines) is 1. The molecule has 2 heterocycles. The van der Waals surface area contributed by atoms with Crippen LogP contribution in [0.5, 0.6) is 17.2 Å². The van der Waals surface area contributed by atoms with Crippen molar-refractivity contribution in [3.05, 3.63) is 47.5 Å². The summed E-state index contributed by atoms with van der Waals surface area (Å²) in [5.41, 5.74) is -0.254. The van der Waals surface area contributed by atoms with Crippen molar-refractivity contribution < 1.29 is 24.1 Å². The molecule has 2 N–H and O–H groups in total. The Hall–Kier alpha value is -2.48. The first-order valence-corrected chi connectivity index (χ1v) is 10.4. The summed E-state index contributed by atoms with van der Waals surface area (Å²) in [7, 11) is 0. The number of aliphatic hydroxyl groups is 1. The Balaban J connectivity index is 1.26. The topological polar surface area (TPSA) is 80.3 Å². The van der Waals surface area contributed by atoms with E-state index in [1.807, 2.05) is 12.1 Å². The second-order valence-corrected chi connectivity index (χ2v) is 8.15. The van der Waals surface area contributed by atoms with E-state index in [9.17, 15) is 9.90 Å². The second-order valence-electron chi connectivity index (χ2n) is 7.72. The number of rotatable bonds is 6. The van der Waals surface area contributed by atoms with Gasteiger partial charge in [-0.25, -0.2) is 0 Å². The van der Waals surface area contributed by atoms with E-state index in [0.29, 0.717) is 47.3 Å². The lowest BCUT2D eigenvalue weighted by Crippen LogP contribution is -2.38. The predicted octanol–water partition coefficient (Wildman–Crippen LogP) is 3.30. The van der Waals surface area contributed by atoms with Crippen LogP contribution < -0.4 is 19.5 Å². The van der Waals surface area contributed by atoms with Crippen LogP contribution in [0.15, 0.2) is 42.5 Å². The minimum absolute atomic E-state index is 0.102. The van der Waals surface area contributed by atoms with Crippen LogP contribution in [-0.4, -0.2) is 54.5 Å². The molecule has 1 atom stereocenters. The van der Waals surface area contributed by atoms with Gasteiger partial charge in [-0.15, -0.1) is 0 Å². The van der Waals surface area contributed by atoms with Crippen LogP contribution in [-0.2, 0) is 4.79 Å². The highest BCUT2D eigenvalue weighted by Crippen LogP contribution is 2.34. The molecular formula is C22H25ClN2O5. The van der Waals surface area contributed by atoms with E-state index in [1.54, 1.807) is 30.3 Å². The molecule has 1 amide bonds. The first-order chi connectivity index (χ1) is 14.5. The van der Waals surface area contributed by atoms with Crippen LogP contribution in [0.2, 0.25) is 5.02 Å². The molecule has 7 nitrogen and oxygen atoms in total. The smallest absolute Gasteiger partial charge is 0.238 e. The van der Waals surface area contributed by atoms with Crippen LogP contribution >= 0.6 is 11.6 Å².